The van der Waals surface area contributed by atoms with Gasteiger partial charge in [-0.15, -0.1) is 0 Å². The molecule has 1 amide bonds. The highest BCUT2D eigenvalue weighted by molar-refractivity contribution is 7.89. The molecule has 0 radical (unpaired) electrons. The summed E-state index contributed by atoms with van der Waals surface area (Å²) in [6, 6.07) is 10.6. The maximum atomic E-state index is 13.5. The fourth-order valence-electron chi connectivity index (χ4n) is 3.83. The van der Waals surface area contributed by atoms with Crippen molar-refractivity contribution >= 4 is 33.8 Å². The molecule has 33 heavy (non-hydrogen) atoms. The van der Waals surface area contributed by atoms with Crippen LogP contribution < -0.4 is 10.1 Å². The van der Waals surface area contributed by atoms with E-state index in [2.05, 4.69) is 10.5 Å². The highest BCUT2D eigenvalue weighted by Gasteiger charge is 2.37. The third-order valence-electron chi connectivity index (χ3n) is 5.49. The fraction of sp³-hybridized carbons (Fsp3) is 0.304. The van der Waals surface area contributed by atoms with Crippen molar-refractivity contribution in [2.45, 2.75) is 24.7 Å². The van der Waals surface area contributed by atoms with Crippen LogP contribution in [0.5, 0.6) is 5.75 Å². The number of nitrogens with zero attached hydrogens (tertiary/aromatic N) is 2. The third-order valence-corrected chi connectivity index (χ3v) is 7.52. The SMILES string of the molecule is COc1ccccc1NC(=O)C1CCCN(S(=O)(=O)c2c(C)noc2C=Cc2ccco2)C1. The number of rotatable bonds is 7. The first-order valence-electron chi connectivity index (χ1n) is 10.5. The second-order valence-electron chi connectivity index (χ2n) is 7.70. The highest BCUT2D eigenvalue weighted by atomic mass is 32.2. The number of piperidine rings is 1. The lowest BCUT2D eigenvalue weighted by atomic mass is 9.98. The molecule has 1 fully saturated rings. The zero-order chi connectivity index (χ0) is 23.4. The van der Waals surface area contributed by atoms with Crippen LogP contribution in [0.3, 0.4) is 0 Å². The molecule has 0 spiro atoms. The van der Waals surface area contributed by atoms with Crippen molar-refractivity contribution in [3.63, 3.8) is 0 Å². The van der Waals surface area contributed by atoms with E-state index >= 15 is 0 Å². The molecular formula is C23H25N3O6S. The minimum atomic E-state index is -3.93. The van der Waals surface area contributed by atoms with Gasteiger partial charge in [0, 0.05) is 13.1 Å². The van der Waals surface area contributed by atoms with Crippen LogP contribution in [-0.4, -0.2) is 44.0 Å². The number of carbonyl (C=O) groups excluding carboxylic acids is 1. The smallest absolute Gasteiger partial charge is 0.248 e. The normalized spacial score (nSPS) is 17.3. The maximum absolute atomic E-state index is 13.5. The van der Waals surface area contributed by atoms with Crippen LogP contribution >= 0.6 is 0 Å². The average Bonchev–Trinajstić information content (AvgIpc) is 3.47. The van der Waals surface area contributed by atoms with Crippen LogP contribution in [0.15, 0.2) is 56.5 Å². The Morgan fingerprint density at radius 1 is 1.24 bits per heavy atom. The average molecular weight is 472 g/mol. The van der Waals surface area contributed by atoms with E-state index < -0.39 is 15.9 Å². The van der Waals surface area contributed by atoms with E-state index in [0.29, 0.717) is 36.6 Å². The predicted molar refractivity (Wildman–Crippen MR) is 122 cm³/mol. The number of sulfonamides is 1. The number of hydrogen-bond acceptors (Lipinski definition) is 7. The van der Waals surface area contributed by atoms with Crippen LogP contribution in [-0.2, 0) is 14.8 Å². The standard InChI is InChI=1S/C23H25N3O6S/c1-16-22(21(32-25-16)12-11-18-8-6-14-31-18)33(28,29)26-13-5-7-17(15-26)23(27)24-19-9-3-4-10-20(19)30-2/h3-4,6,8-12,14,17H,5,7,13,15H2,1-2H3,(H,24,27). The molecule has 0 saturated carbocycles. The van der Waals surface area contributed by atoms with Gasteiger partial charge in [-0.05, 0) is 56.2 Å². The Labute approximate surface area is 192 Å². The van der Waals surface area contributed by atoms with Crippen LogP contribution in [0.4, 0.5) is 5.69 Å². The van der Waals surface area contributed by atoms with Crippen molar-refractivity contribution in [3.05, 3.63) is 59.9 Å². The third kappa shape index (κ3) is 4.86. The van der Waals surface area contributed by atoms with Crippen molar-refractivity contribution < 1.29 is 26.9 Å². The summed E-state index contributed by atoms with van der Waals surface area (Å²) in [6.07, 6.45) is 5.79. The van der Waals surface area contributed by atoms with E-state index in [1.165, 1.54) is 23.8 Å². The van der Waals surface area contributed by atoms with Gasteiger partial charge in [0.05, 0.1) is 25.0 Å². The number of carbonyl (C=O) groups is 1. The number of furan rings is 1. The number of benzene rings is 1. The van der Waals surface area contributed by atoms with Gasteiger partial charge >= 0.3 is 0 Å². The molecule has 1 saturated heterocycles. The number of aryl methyl sites for hydroxylation is 1. The molecule has 1 aliphatic rings. The second kappa shape index (κ2) is 9.63. The minimum Gasteiger partial charge on any atom is -0.495 e. The Morgan fingerprint density at radius 3 is 2.82 bits per heavy atom. The predicted octanol–water partition coefficient (Wildman–Crippen LogP) is 3.79. The first-order valence-corrected chi connectivity index (χ1v) is 12.0. The highest BCUT2D eigenvalue weighted by Crippen LogP contribution is 2.30. The molecule has 0 aliphatic carbocycles. The quantitative estimate of drug-likeness (QED) is 0.557. The van der Waals surface area contributed by atoms with E-state index in [-0.39, 0.29) is 28.8 Å². The van der Waals surface area contributed by atoms with Crippen LogP contribution in [0, 0.1) is 12.8 Å². The lowest BCUT2D eigenvalue weighted by molar-refractivity contribution is -0.120. The number of para-hydroxylation sites is 2. The molecule has 174 valence electrons. The summed E-state index contributed by atoms with van der Waals surface area (Å²) in [5.74, 6) is 0.460. The topological polar surface area (TPSA) is 115 Å². The van der Waals surface area contributed by atoms with Crippen molar-refractivity contribution in [1.82, 2.24) is 9.46 Å². The molecular weight excluding hydrogens is 446 g/mol. The van der Waals surface area contributed by atoms with Gasteiger partial charge in [0.25, 0.3) is 0 Å². The molecule has 10 heteroatoms. The van der Waals surface area contributed by atoms with Gasteiger partial charge in [0.1, 0.15) is 17.2 Å². The molecule has 1 atom stereocenters. The molecule has 0 bridgehead atoms. The summed E-state index contributed by atoms with van der Waals surface area (Å²) < 4.78 is 44.1. The number of nitrogens with one attached hydrogen (secondary N) is 1. The van der Waals surface area contributed by atoms with Crippen molar-refractivity contribution in [2.24, 2.45) is 5.92 Å². The maximum Gasteiger partial charge on any atom is 0.248 e. The van der Waals surface area contributed by atoms with E-state index in [0.717, 1.165) is 0 Å². The van der Waals surface area contributed by atoms with E-state index in [4.69, 9.17) is 13.7 Å². The molecule has 1 N–H and O–H groups in total. The molecule has 4 rings (SSSR count). The molecule has 3 heterocycles. The van der Waals surface area contributed by atoms with E-state index in [1.807, 2.05) is 6.07 Å². The molecule has 1 aromatic carbocycles. The zero-order valence-electron chi connectivity index (χ0n) is 18.4. The fourth-order valence-corrected chi connectivity index (χ4v) is 5.60. The summed E-state index contributed by atoms with van der Waals surface area (Å²) in [6.45, 7) is 1.96. The molecule has 3 aromatic rings. The monoisotopic (exact) mass is 471 g/mol. The van der Waals surface area contributed by atoms with Gasteiger partial charge < -0.3 is 19.0 Å². The number of methoxy groups -OCH3 is 1. The summed E-state index contributed by atoms with van der Waals surface area (Å²) in [7, 11) is -2.41. The van der Waals surface area contributed by atoms with Gasteiger partial charge in [-0.2, -0.15) is 4.31 Å². The largest absolute Gasteiger partial charge is 0.495 e. The summed E-state index contributed by atoms with van der Waals surface area (Å²) in [5.41, 5.74) is 0.805. The molecule has 1 unspecified atom stereocenters. The van der Waals surface area contributed by atoms with E-state index in [1.54, 1.807) is 43.3 Å². The van der Waals surface area contributed by atoms with Crippen molar-refractivity contribution in [3.8, 4) is 5.75 Å². The first kappa shape index (κ1) is 22.8. The van der Waals surface area contributed by atoms with Crippen molar-refractivity contribution in [1.29, 1.82) is 0 Å². The van der Waals surface area contributed by atoms with Gasteiger partial charge in [-0.25, -0.2) is 8.42 Å². The van der Waals surface area contributed by atoms with Crippen LogP contribution in [0.25, 0.3) is 12.2 Å². The number of hydrogen-bond donors (Lipinski definition) is 1. The van der Waals surface area contributed by atoms with Gasteiger partial charge in [0.15, 0.2) is 10.7 Å². The molecule has 1 aliphatic heterocycles. The Morgan fingerprint density at radius 2 is 2.06 bits per heavy atom. The van der Waals surface area contributed by atoms with E-state index in [9.17, 15) is 13.2 Å². The minimum absolute atomic E-state index is 0.00362. The Kier molecular flexibility index (Phi) is 6.66. The lowest BCUT2D eigenvalue weighted by Crippen LogP contribution is -2.43. The summed E-state index contributed by atoms with van der Waals surface area (Å²) in [4.78, 5) is 12.9. The zero-order valence-corrected chi connectivity index (χ0v) is 19.2. The van der Waals surface area contributed by atoms with Gasteiger partial charge in [-0.3, -0.25) is 4.79 Å². The Balaban J connectivity index is 1.53. The second-order valence-corrected chi connectivity index (χ2v) is 9.58. The summed E-state index contributed by atoms with van der Waals surface area (Å²) >= 11 is 0. The first-order chi connectivity index (χ1) is 15.9. The lowest BCUT2D eigenvalue weighted by Gasteiger charge is -2.31. The number of amides is 1. The van der Waals surface area contributed by atoms with Gasteiger partial charge in [-0.1, -0.05) is 17.3 Å². The number of ether oxygens (including phenoxy) is 1. The molecule has 9 nitrogen and oxygen atoms in total. The van der Waals surface area contributed by atoms with Crippen LogP contribution in [0.1, 0.15) is 30.1 Å². The number of anilines is 1. The Hall–Kier alpha value is -3.37. The molecule has 2 aromatic heterocycles. The number of aromatic nitrogens is 1. The summed E-state index contributed by atoms with van der Waals surface area (Å²) in [5, 5.41) is 6.71. The Bertz CT molecular complexity index is 1250. The van der Waals surface area contributed by atoms with Gasteiger partial charge in [0.2, 0.25) is 15.9 Å². The van der Waals surface area contributed by atoms with Crippen molar-refractivity contribution in [2.75, 3.05) is 25.5 Å². The van der Waals surface area contributed by atoms with Crippen LogP contribution in [0.2, 0.25) is 0 Å².